The molecule has 0 unspecified atom stereocenters. The predicted octanol–water partition coefficient (Wildman–Crippen LogP) is -2.34. The van der Waals surface area contributed by atoms with E-state index in [1.54, 1.807) is 5.48 Å². The lowest BCUT2D eigenvalue weighted by molar-refractivity contribution is -0.0549. The summed E-state index contributed by atoms with van der Waals surface area (Å²) in [6.45, 7) is -0.479. The van der Waals surface area contributed by atoms with Gasteiger partial charge in [0.2, 0.25) is 0 Å². The van der Waals surface area contributed by atoms with Gasteiger partial charge in [0.1, 0.15) is 18.3 Å². The van der Waals surface area contributed by atoms with Crippen LogP contribution in [0.15, 0.2) is 17.1 Å². The molecule has 1 aliphatic heterocycles. The van der Waals surface area contributed by atoms with Crippen molar-refractivity contribution in [2.45, 2.75) is 24.5 Å². The van der Waals surface area contributed by atoms with Gasteiger partial charge in [0.15, 0.2) is 12.0 Å². The van der Waals surface area contributed by atoms with E-state index in [1.807, 2.05) is 0 Å². The minimum absolute atomic E-state index is 0.0528. The van der Waals surface area contributed by atoms with E-state index in [2.05, 4.69) is 4.98 Å². The number of ether oxygens (including phenoxy) is 1. The molecule has 9 heteroatoms. The minimum atomic E-state index is -1.35. The van der Waals surface area contributed by atoms with Crippen molar-refractivity contribution in [3.63, 3.8) is 0 Å². The smallest absolute Gasteiger partial charge is 0.351 e. The summed E-state index contributed by atoms with van der Waals surface area (Å²) < 4.78 is 6.13. The van der Waals surface area contributed by atoms with Gasteiger partial charge in [-0.05, 0) is 6.07 Å². The van der Waals surface area contributed by atoms with Crippen molar-refractivity contribution in [2.75, 3.05) is 12.1 Å². The number of aliphatic hydroxyl groups excluding tert-OH is 3. The van der Waals surface area contributed by atoms with Crippen molar-refractivity contribution in [2.24, 2.45) is 0 Å². The molecule has 0 bridgehead atoms. The van der Waals surface area contributed by atoms with Gasteiger partial charge in [0.05, 0.1) is 6.61 Å². The number of anilines is 1. The molecule has 0 spiro atoms. The van der Waals surface area contributed by atoms with Crippen molar-refractivity contribution in [1.82, 2.24) is 9.55 Å². The number of nitrogens with zero attached hydrogens (tertiary/aromatic N) is 2. The first-order valence-electron chi connectivity index (χ1n) is 5.20. The van der Waals surface area contributed by atoms with Crippen molar-refractivity contribution in [3.05, 3.63) is 22.7 Å². The van der Waals surface area contributed by atoms with Gasteiger partial charge in [-0.3, -0.25) is 15.3 Å². The average molecular weight is 259 g/mol. The Hall–Kier alpha value is -1.52. The van der Waals surface area contributed by atoms with Crippen molar-refractivity contribution >= 4 is 5.82 Å². The Morgan fingerprint density at radius 1 is 1.44 bits per heavy atom. The van der Waals surface area contributed by atoms with Crippen LogP contribution in [-0.4, -0.2) is 55.0 Å². The van der Waals surface area contributed by atoms with Crippen LogP contribution in [0, 0.1) is 0 Å². The first kappa shape index (κ1) is 12.9. The van der Waals surface area contributed by atoms with Gasteiger partial charge in [-0.1, -0.05) is 0 Å². The van der Waals surface area contributed by atoms with E-state index in [1.165, 1.54) is 12.3 Å². The van der Waals surface area contributed by atoms with Crippen LogP contribution in [-0.2, 0) is 4.74 Å². The first-order valence-corrected chi connectivity index (χ1v) is 5.20. The number of hydrogen-bond acceptors (Lipinski definition) is 8. The normalized spacial score (nSPS) is 31.6. The summed E-state index contributed by atoms with van der Waals surface area (Å²) in [5.41, 5.74) is 0.934. The van der Waals surface area contributed by atoms with Crippen molar-refractivity contribution in [3.8, 4) is 0 Å². The fourth-order valence-corrected chi connectivity index (χ4v) is 1.78. The largest absolute Gasteiger partial charge is 0.394 e. The Balaban J connectivity index is 2.30. The van der Waals surface area contributed by atoms with E-state index in [0.717, 1.165) is 4.57 Å². The van der Waals surface area contributed by atoms with Gasteiger partial charge in [0, 0.05) is 6.20 Å². The quantitative estimate of drug-likeness (QED) is 0.381. The molecule has 1 aromatic rings. The van der Waals surface area contributed by atoms with E-state index in [0.29, 0.717) is 0 Å². The lowest BCUT2D eigenvalue weighted by Crippen LogP contribution is -2.36. The van der Waals surface area contributed by atoms with Crippen LogP contribution in [0.2, 0.25) is 0 Å². The lowest BCUT2D eigenvalue weighted by atomic mass is 10.1. The topological polar surface area (TPSA) is 137 Å². The predicted molar refractivity (Wildman–Crippen MR) is 56.9 cm³/mol. The summed E-state index contributed by atoms with van der Waals surface area (Å²) in [6, 6.07) is 1.29. The second kappa shape index (κ2) is 5.00. The molecule has 0 aliphatic carbocycles. The van der Waals surface area contributed by atoms with Gasteiger partial charge in [-0.25, -0.2) is 4.79 Å². The maximum absolute atomic E-state index is 11.6. The van der Waals surface area contributed by atoms with Crippen LogP contribution in [0.3, 0.4) is 0 Å². The van der Waals surface area contributed by atoms with Gasteiger partial charge >= 0.3 is 5.69 Å². The zero-order chi connectivity index (χ0) is 13.3. The first-order chi connectivity index (χ1) is 8.58. The molecule has 2 heterocycles. The maximum atomic E-state index is 11.6. The van der Waals surface area contributed by atoms with Crippen LogP contribution in [0.1, 0.15) is 6.23 Å². The molecule has 0 radical (unpaired) electrons. The summed E-state index contributed by atoms with van der Waals surface area (Å²) in [5.74, 6) is -0.0528. The van der Waals surface area contributed by atoms with E-state index in [9.17, 15) is 15.0 Å². The SMILES string of the molecule is O=c1nc(NO)ccn1[C@@H]1O[C@H](CO)[C@H](O)[C@@H]1O. The van der Waals surface area contributed by atoms with Crippen LogP contribution < -0.4 is 11.2 Å². The third-order valence-corrected chi connectivity index (χ3v) is 2.74. The fraction of sp³-hybridized carbons (Fsp3) is 0.556. The lowest BCUT2D eigenvalue weighted by Gasteiger charge is -2.16. The standard InChI is InChI=1S/C9H13N3O6/c13-3-4-6(14)7(15)8(18-4)12-2-1-5(11-17)10-9(12)16/h1-2,4,6-8,13-15,17H,3H2,(H,10,11,16)/t4-,6+,7+,8-/m1/s1. The van der Waals surface area contributed by atoms with Crippen LogP contribution in [0.5, 0.6) is 0 Å². The molecule has 2 rings (SSSR count). The molecule has 4 atom stereocenters. The van der Waals surface area contributed by atoms with E-state index >= 15 is 0 Å². The molecule has 1 aliphatic rings. The molecule has 1 fully saturated rings. The molecule has 18 heavy (non-hydrogen) atoms. The van der Waals surface area contributed by atoms with E-state index in [-0.39, 0.29) is 5.82 Å². The molecule has 1 aromatic heterocycles. The Kier molecular flexibility index (Phi) is 3.59. The Bertz CT molecular complexity index is 478. The zero-order valence-electron chi connectivity index (χ0n) is 9.17. The molecule has 1 saturated heterocycles. The van der Waals surface area contributed by atoms with E-state index < -0.39 is 36.8 Å². The molecule has 0 aromatic carbocycles. The number of aromatic nitrogens is 2. The summed E-state index contributed by atoms with van der Waals surface area (Å²) in [4.78, 5) is 15.1. The van der Waals surface area contributed by atoms with Gasteiger partial charge in [0.25, 0.3) is 0 Å². The molecule has 9 nitrogen and oxygen atoms in total. The summed E-state index contributed by atoms with van der Waals surface area (Å²) in [6.07, 6.45) is -3.50. The van der Waals surface area contributed by atoms with Crippen LogP contribution >= 0.6 is 0 Å². The number of hydrogen-bond donors (Lipinski definition) is 5. The molecule has 5 N–H and O–H groups in total. The number of aliphatic hydroxyl groups is 3. The second-order valence-electron chi connectivity index (χ2n) is 3.84. The van der Waals surface area contributed by atoms with Gasteiger partial charge in [-0.15, -0.1) is 0 Å². The third kappa shape index (κ3) is 2.09. The molecule has 0 amide bonds. The van der Waals surface area contributed by atoms with Crippen molar-refractivity contribution in [1.29, 1.82) is 0 Å². The monoisotopic (exact) mass is 259 g/mol. The molecular formula is C9H13N3O6. The third-order valence-electron chi connectivity index (χ3n) is 2.74. The highest BCUT2D eigenvalue weighted by molar-refractivity contribution is 5.28. The maximum Gasteiger partial charge on any atom is 0.351 e. The Morgan fingerprint density at radius 3 is 2.67 bits per heavy atom. The summed E-state index contributed by atoms with van der Waals surface area (Å²) >= 11 is 0. The molecule has 100 valence electrons. The second-order valence-corrected chi connectivity index (χ2v) is 3.84. The average Bonchev–Trinajstić information content (AvgIpc) is 2.66. The van der Waals surface area contributed by atoms with Gasteiger partial charge in [-0.2, -0.15) is 4.98 Å². The van der Waals surface area contributed by atoms with Gasteiger partial charge < -0.3 is 20.1 Å². The summed E-state index contributed by atoms with van der Waals surface area (Å²) in [7, 11) is 0. The van der Waals surface area contributed by atoms with Crippen LogP contribution in [0.4, 0.5) is 5.82 Å². The zero-order valence-corrected chi connectivity index (χ0v) is 9.17. The van der Waals surface area contributed by atoms with E-state index in [4.69, 9.17) is 15.1 Å². The molecule has 0 saturated carbocycles. The highest BCUT2D eigenvalue weighted by Gasteiger charge is 2.43. The highest BCUT2D eigenvalue weighted by atomic mass is 16.6. The summed E-state index contributed by atoms with van der Waals surface area (Å²) in [5, 5.41) is 36.8. The fourth-order valence-electron chi connectivity index (χ4n) is 1.78. The van der Waals surface area contributed by atoms with Crippen LogP contribution in [0.25, 0.3) is 0 Å². The molecular weight excluding hydrogens is 246 g/mol. The Morgan fingerprint density at radius 2 is 2.17 bits per heavy atom. The minimum Gasteiger partial charge on any atom is -0.394 e. The Labute approximate surface area is 101 Å². The highest BCUT2D eigenvalue weighted by Crippen LogP contribution is 2.27. The van der Waals surface area contributed by atoms with Crippen molar-refractivity contribution < 1.29 is 25.3 Å². The number of rotatable bonds is 3. The number of nitrogens with one attached hydrogen (secondary N) is 1.